The van der Waals surface area contributed by atoms with E-state index in [1.807, 2.05) is 85.2 Å². The molecule has 8 nitrogen and oxygen atoms in total. The highest BCUT2D eigenvalue weighted by atomic mass is 15.3. The first-order valence-electron chi connectivity index (χ1n) is 9.28. The number of aromatic nitrogens is 7. The summed E-state index contributed by atoms with van der Waals surface area (Å²) in [5.41, 5.74) is 4.81. The van der Waals surface area contributed by atoms with Gasteiger partial charge in [0.25, 0.3) is 0 Å². The van der Waals surface area contributed by atoms with E-state index in [0.717, 1.165) is 45.2 Å². The summed E-state index contributed by atoms with van der Waals surface area (Å²) in [6, 6.07) is 16.1. The third kappa shape index (κ3) is 2.94. The molecule has 5 aromatic rings. The molecule has 0 bridgehead atoms. The minimum atomic E-state index is 0.722. The summed E-state index contributed by atoms with van der Waals surface area (Å²) >= 11 is 0. The van der Waals surface area contributed by atoms with Crippen LogP contribution in [0.1, 0.15) is 0 Å². The zero-order chi connectivity index (χ0) is 20.0. The van der Waals surface area contributed by atoms with Crippen molar-refractivity contribution in [2.45, 2.75) is 0 Å². The molecule has 4 aromatic heterocycles. The van der Waals surface area contributed by atoms with Crippen molar-refractivity contribution >= 4 is 22.7 Å². The van der Waals surface area contributed by atoms with Gasteiger partial charge in [0.1, 0.15) is 11.6 Å². The highest BCUT2D eigenvalue weighted by Gasteiger charge is 2.15. The topological polar surface area (TPSA) is 78.4 Å². The lowest BCUT2D eigenvalue weighted by atomic mass is 10.1. The van der Waals surface area contributed by atoms with E-state index in [4.69, 9.17) is 4.98 Å². The number of benzene rings is 1. The van der Waals surface area contributed by atoms with Gasteiger partial charge in [0, 0.05) is 49.9 Å². The number of aryl methyl sites for hydroxylation is 3. The first kappa shape index (κ1) is 17.2. The molecular weight excluding hydrogens is 364 g/mol. The molecule has 0 amide bonds. The molecule has 0 saturated heterocycles. The van der Waals surface area contributed by atoms with Crippen molar-refractivity contribution in [2.24, 2.45) is 21.1 Å². The average Bonchev–Trinajstić information content (AvgIpc) is 3.42. The molecule has 0 atom stereocenters. The number of hydrogen-bond donors (Lipinski definition) is 1. The number of pyridine rings is 1. The van der Waals surface area contributed by atoms with E-state index < -0.39 is 0 Å². The fourth-order valence-corrected chi connectivity index (χ4v) is 3.49. The predicted molar refractivity (Wildman–Crippen MR) is 113 cm³/mol. The van der Waals surface area contributed by atoms with E-state index in [9.17, 15) is 0 Å². The summed E-state index contributed by atoms with van der Waals surface area (Å²) < 4.78 is 5.45. The van der Waals surface area contributed by atoms with Crippen LogP contribution in [-0.4, -0.2) is 34.3 Å². The van der Waals surface area contributed by atoms with Gasteiger partial charge in [0.2, 0.25) is 0 Å². The Morgan fingerprint density at radius 3 is 2.45 bits per heavy atom. The number of rotatable bonds is 4. The van der Waals surface area contributed by atoms with Gasteiger partial charge in [-0.25, -0.2) is 4.98 Å². The van der Waals surface area contributed by atoms with E-state index in [0.29, 0.717) is 0 Å². The molecule has 0 aliphatic carbocycles. The minimum absolute atomic E-state index is 0.722. The molecule has 144 valence electrons. The van der Waals surface area contributed by atoms with Crippen molar-refractivity contribution in [3.8, 4) is 22.5 Å². The van der Waals surface area contributed by atoms with Gasteiger partial charge in [-0.2, -0.15) is 15.3 Å². The quantitative estimate of drug-likeness (QED) is 0.513. The van der Waals surface area contributed by atoms with E-state index in [1.54, 1.807) is 10.9 Å². The zero-order valence-corrected chi connectivity index (χ0v) is 16.4. The second-order valence-corrected chi connectivity index (χ2v) is 6.93. The Hall–Kier alpha value is -3.94. The highest BCUT2D eigenvalue weighted by Crippen LogP contribution is 2.31. The van der Waals surface area contributed by atoms with Gasteiger partial charge in [0.05, 0.1) is 17.6 Å². The zero-order valence-electron chi connectivity index (χ0n) is 16.4. The summed E-state index contributed by atoms with van der Waals surface area (Å²) in [5.74, 6) is 1.58. The van der Waals surface area contributed by atoms with Gasteiger partial charge in [-0.05, 0) is 12.1 Å². The molecule has 5 rings (SSSR count). The number of fused-ring (bicyclic) bond motifs is 1. The number of anilines is 2. The average molecular weight is 384 g/mol. The van der Waals surface area contributed by atoms with Crippen molar-refractivity contribution in [3.05, 3.63) is 60.9 Å². The van der Waals surface area contributed by atoms with Crippen molar-refractivity contribution in [2.75, 3.05) is 5.32 Å². The van der Waals surface area contributed by atoms with Crippen LogP contribution < -0.4 is 5.32 Å². The second-order valence-electron chi connectivity index (χ2n) is 6.93. The Labute approximate surface area is 167 Å². The molecule has 29 heavy (non-hydrogen) atoms. The lowest BCUT2D eigenvalue weighted by molar-refractivity contribution is 0.775. The minimum Gasteiger partial charge on any atom is -0.325 e. The maximum atomic E-state index is 4.77. The fourth-order valence-electron chi connectivity index (χ4n) is 3.49. The molecule has 0 spiro atoms. The van der Waals surface area contributed by atoms with Gasteiger partial charge in [-0.15, -0.1) is 0 Å². The molecule has 1 aromatic carbocycles. The monoisotopic (exact) mass is 384 g/mol. The maximum Gasteiger partial charge on any atom is 0.160 e. The van der Waals surface area contributed by atoms with Gasteiger partial charge < -0.3 is 5.32 Å². The van der Waals surface area contributed by atoms with Crippen LogP contribution in [-0.2, 0) is 21.1 Å². The van der Waals surface area contributed by atoms with Crippen molar-refractivity contribution < 1.29 is 0 Å². The van der Waals surface area contributed by atoms with Crippen LogP contribution in [0.4, 0.5) is 11.6 Å². The van der Waals surface area contributed by atoms with Crippen LogP contribution >= 0.6 is 0 Å². The summed E-state index contributed by atoms with van der Waals surface area (Å²) in [7, 11) is 5.74. The Morgan fingerprint density at radius 1 is 0.862 bits per heavy atom. The first-order chi connectivity index (χ1) is 14.1. The standard InChI is InChI=1S/C21H20N8/c1-27-18(9-10-22-27)15-11-19(25-21-16(15)13-23-29(21)3)24-20-12-17(26-28(20)2)14-7-5-4-6-8-14/h4-13H,1-3H3,(H,24,25). The summed E-state index contributed by atoms with van der Waals surface area (Å²) in [4.78, 5) is 4.77. The van der Waals surface area contributed by atoms with Crippen LogP contribution in [0, 0.1) is 0 Å². The predicted octanol–water partition coefficient (Wildman–Crippen LogP) is 3.51. The largest absolute Gasteiger partial charge is 0.325 e. The highest BCUT2D eigenvalue weighted by molar-refractivity contribution is 5.93. The first-order valence-corrected chi connectivity index (χ1v) is 9.28. The van der Waals surface area contributed by atoms with Crippen LogP contribution in [0.25, 0.3) is 33.5 Å². The summed E-state index contributed by atoms with van der Waals surface area (Å²) in [5, 5.41) is 17.7. The molecular formula is C21H20N8. The molecule has 0 saturated carbocycles. The Bertz CT molecular complexity index is 1310. The maximum absolute atomic E-state index is 4.77. The van der Waals surface area contributed by atoms with Crippen molar-refractivity contribution in [1.82, 2.24) is 34.3 Å². The van der Waals surface area contributed by atoms with Crippen molar-refractivity contribution in [1.29, 1.82) is 0 Å². The molecule has 0 radical (unpaired) electrons. The number of nitrogens with one attached hydrogen (secondary N) is 1. The van der Waals surface area contributed by atoms with E-state index in [1.165, 1.54) is 0 Å². The van der Waals surface area contributed by atoms with Crippen LogP contribution in [0.3, 0.4) is 0 Å². The SMILES string of the molecule is Cn1nc(-c2ccccc2)cc1Nc1cc(-c2ccnn2C)c2cnn(C)c2n1. The normalized spacial score (nSPS) is 11.3. The van der Waals surface area contributed by atoms with Crippen molar-refractivity contribution in [3.63, 3.8) is 0 Å². The van der Waals surface area contributed by atoms with E-state index in [2.05, 4.69) is 20.6 Å². The Morgan fingerprint density at radius 2 is 1.69 bits per heavy atom. The number of hydrogen-bond acceptors (Lipinski definition) is 5. The third-order valence-corrected chi connectivity index (χ3v) is 5.01. The summed E-state index contributed by atoms with van der Waals surface area (Å²) in [6.45, 7) is 0. The van der Waals surface area contributed by atoms with Gasteiger partial charge in [-0.1, -0.05) is 30.3 Å². The van der Waals surface area contributed by atoms with Gasteiger partial charge >= 0.3 is 0 Å². The third-order valence-electron chi connectivity index (χ3n) is 5.01. The molecule has 0 fully saturated rings. The lowest BCUT2D eigenvalue weighted by Crippen LogP contribution is -2.03. The molecule has 1 N–H and O–H groups in total. The van der Waals surface area contributed by atoms with Crippen LogP contribution in [0.5, 0.6) is 0 Å². The van der Waals surface area contributed by atoms with Gasteiger partial charge in [-0.3, -0.25) is 14.0 Å². The second kappa shape index (κ2) is 6.59. The molecule has 8 heteroatoms. The van der Waals surface area contributed by atoms with Crippen LogP contribution in [0.15, 0.2) is 60.9 Å². The molecule has 0 aliphatic heterocycles. The molecule has 4 heterocycles. The fraction of sp³-hybridized carbons (Fsp3) is 0.143. The lowest BCUT2D eigenvalue weighted by Gasteiger charge is -2.10. The molecule has 0 unspecified atom stereocenters. The van der Waals surface area contributed by atoms with Gasteiger partial charge in [0.15, 0.2) is 5.65 Å². The Kier molecular flexibility index (Phi) is 3.90. The van der Waals surface area contributed by atoms with Crippen LogP contribution in [0.2, 0.25) is 0 Å². The van der Waals surface area contributed by atoms with E-state index >= 15 is 0 Å². The Balaban J connectivity index is 1.59. The van der Waals surface area contributed by atoms with E-state index in [-0.39, 0.29) is 0 Å². The molecule has 0 aliphatic rings. The summed E-state index contributed by atoms with van der Waals surface area (Å²) in [6.07, 6.45) is 3.63. The number of nitrogens with zero attached hydrogens (tertiary/aromatic N) is 7. The smallest absolute Gasteiger partial charge is 0.160 e.